The van der Waals surface area contributed by atoms with E-state index in [0.717, 1.165) is 11.1 Å². The molecule has 2 heterocycles. The molecule has 1 aliphatic rings. The van der Waals surface area contributed by atoms with Crippen LogP contribution in [0.2, 0.25) is 0 Å². The molecule has 104 valence electrons. The van der Waals surface area contributed by atoms with Crippen molar-refractivity contribution < 1.29 is 19.1 Å². The first-order valence-corrected chi connectivity index (χ1v) is 6.54. The highest BCUT2D eigenvalue weighted by atomic mass is 16.5. The molecule has 0 fully saturated rings. The normalized spacial score (nSPS) is 13.5. The topological polar surface area (TPSA) is 72.6 Å². The number of ether oxygens (including phenoxy) is 1. The van der Waals surface area contributed by atoms with Gasteiger partial charge < -0.3 is 14.3 Å². The predicted molar refractivity (Wildman–Crippen MR) is 74.9 cm³/mol. The van der Waals surface area contributed by atoms with Gasteiger partial charge in [-0.05, 0) is 41.5 Å². The number of nitrogens with zero attached hydrogens (tertiary/aromatic N) is 1. The SMILES string of the molecule is O=C(O)c1ccc2nc(-c3ccc4c(c3)COC4)oc2c1. The number of benzene rings is 2. The minimum absolute atomic E-state index is 0.188. The van der Waals surface area contributed by atoms with Gasteiger partial charge in [0.25, 0.3) is 0 Å². The number of carboxylic acids is 1. The van der Waals surface area contributed by atoms with Crippen LogP contribution in [0.5, 0.6) is 0 Å². The lowest BCUT2D eigenvalue weighted by atomic mass is 10.1. The molecule has 1 N–H and O–H groups in total. The fourth-order valence-corrected chi connectivity index (χ4v) is 2.49. The molecular formula is C16H11NO4. The second kappa shape index (κ2) is 4.43. The molecule has 1 aromatic heterocycles. The molecule has 0 unspecified atom stereocenters. The second-order valence-electron chi connectivity index (χ2n) is 4.98. The van der Waals surface area contributed by atoms with Gasteiger partial charge in [0.1, 0.15) is 5.52 Å². The molecule has 0 saturated carbocycles. The quantitative estimate of drug-likeness (QED) is 0.780. The van der Waals surface area contributed by atoms with Gasteiger partial charge in [-0.2, -0.15) is 0 Å². The summed E-state index contributed by atoms with van der Waals surface area (Å²) >= 11 is 0. The van der Waals surface area contributed by atoms with Crippen molar-refractivity contribution in [3.63, 3.8) is 0 Å². The number of oxazole rings is 1. The van der Waals surface area contributed by atoms with E-state index in [1.54, 1.807) is 6.07 Å². The monoisotopic (exact) mass is 281 g/mol. The average Bonchev–Trinajstić information content (AvgIpc) is 3.11. The highest BCUT2D eigenvalue weighted by Gasteiger charge is 2.15. The van der Waals surface area contributed by atoms with Gasteiger partial charge in [-0.15, -0.1) is 0 Å². The van der Waals surface area contributed by atoms with E-state index >= 15 is 0 Å². The average molecular weight is 281 g/mol. The van der Waals surface area contributed by atoms with Gasteiger partial charge in [0.05, 0.1) is 18.8 Å². The summed E-state index contributed by atoms with van der Waals surface area (Å²) < 4.78 is 11.1. The molecule has 0 aliphatic carbocycles. The highest BCUT2D eigenvalue weighted by Crippen LogP contribution is 2.29. The molecule has 0 bridgehead atoms. The van der Waals surface area contributed by atoms with Gasteiger partial charge in [0.2, 0.25) is 5.89 Å². The number of aromatic carboxylic acids is 1. The number of aromatic nitrogens is 1. The number of hydrogen-bond donors (Lipinski definition) is 1. The standard InChI is InChI=1S/C16H11NO4/c18-16(19)10-3-4-13-14(6-10)21-15(17-13)9-1-2-11-7-20-8-12(11)5-9/h1-6H,7-8H2,(H,18,19). The molecule has 21 heavy (non-hydrogen) atoms. The zero-order valence-corrected chi connectivity index (χ0v) is 11.0. The Bertz CT molecular complexity index is 866. The molecule has 0 amide bonds. The van der Waals surface area contributed by atoms with Crippen LogP contribution in [0.4, 0.5) is 0 Å². The molecule has 5 heteroatoms. The minimum atomic E-state index is -0.982. The van der Waals surface area contributed by atoms with Gasteiger partial charge in [-0.3, -0.25) is 0 Å². The maximum absolute atomic E-state index is 11.0. The lowest BCUT2D eigenvalue weighted by Crippen LogP contribution is -1.94. The molecule has 0 radical (unpaired) electrons. The van der Waals surface area contributed by atoms with Crippen LogP contribution in [0.1, 0.15) is 21.5 Å². The molecule has 2 aromatic carbocycles. The van der Waals surface area contributed by atoms with Crippen LogP contribution in [0.15, 0.2) is 40.8 Å². The van der Waals surface area contributed by atoms with Gasteiger partial charge in [-0.1, -0.05) is 6.07 Å². The maximum Gasteiger partial charge on any atom is 0.335 e. The van der Waals surface area contributed by atoms with E-state index in [1.807, 2.05) is 18.2 Å². The summed E-state index contributed by atoms with van der Waals surface area (Å²) in [4.78, 5) is 15.4. The van der Waals surface area contributed by atoms with E-state index in [1.165, 1.54) is 17.7 Å². The number of carboxylic acid groups (broad SMARTS) is 1. The van der Waals surface area contributed by atoms with E-state index in [-0.39, 0.29) is 5.56 Å². The third-order valence-electron chi connectivity index (χ3n) is 3.60. The molecule has 5 nitrogen and oxygen atoms in total. The van der Waals surface area contributed by atoms with Crippen molar-refractivity contribution in [2.24, 2.45) is 0 Å². The number of rotatable bonds is 2. The summed E-state index contributed by atoms with van der Waals surface area (Å²) in [6.45, 7) is 1.25. The Morgan fingerprint density at radius 1 is 1.10 bits per heavy atom. The van der Waals surface area contributed by atoms with Crippen LogP contribution in [-0.2, 0) is 18.0 Å². The zero-order valence-electron chi connectivity index (χ0n) is 11.0. The Balaban J connectivity index is 1.81. The molecule has 0 saturated heterocycles. The number of carbonyl (C=O) groups is 1. The van der Waals surface area contributed by atoms with Crippen molar-refractivity contribution in [1.29, 1.82) is 0 Å². The van der Waals surface area contributed by atoms with E-state index in [2.05, 4.69) is 4.98 Å². The first-order chi connectivity index (χ1) is 10.2. The molecule has 0 spiro atoms. The van der Waals surface area contributed by atoms with Crippen molar-refractivity contribution in [2.45, 2.75) is 13.2 Å². The minimum Gasteiger partial charge on any atom is -0.478 e. The summed E-state index contributed by atoms with van der Waals surface area (Å²) in [7, 11) is 0. The van der Waals surface area contributed by atoms with Crippen LogP contribution in [0.25, 0.3) is 22.6 Å². The van der Waals surface area contributed by atoms with Crippen molar-refractivity contribution >= 4 is 17.1 Å². The van der Waals surface area contributed by atoms with Crippen LogP contribution in [-0.4, -0.2) is 16.1 Å². The van der Waals surface area contributed by atoms with E-state index in [4.69, 9.17) is 14.3 Å². The summed E-state index contributed by atoms with van der Waals surface area (Å²) in [6.07, 6.45) is 0. The van der Waals surface area contributed by atoms with E-state index in [0.29, 0.717) is 30.2 Å². The summed E-state index contributed by atoms with van der Waals surface area (Å²) in [5.41, 5.74) is 4.50. The van der Waals surface area contributed by atoms with Gasteiger partial charge in [0, 0.05) is 5.56 Å². The van der Waals surface area contributed by atoms with Crippen molar-refractivity contribution in [3.8, 4) is 11.5 Å². The molecule has 4 rings (SSSR count). The molecular weight excluding hydrogens is 270 g/mol. The largest absolute Gasteiger partial charge is 0.478 e. The van der Waals surface area contributed by atoms with Crippen LogP contribution in [0, 0.1) is 0 Å². The summed E-state index contributed by atoms with van der Waals surface area (Å²) in [6, 6.07) is 10.6. The first kappa shape index (κ1) is 12.1. The number of hydrogen-bond acceptors (Lipinski definition) is 4. The molecule has 0 atom stereocenters. The lowest BCUT2D eigenvalue weighted by molar-refractivity contribution is 0.0697. The maximum atomic E-state index is 11.0. The van der Waals surface area contributed by atoms with E-state index in [9.17, 15) is 4.79 Å². The Labute approximate surface area is 119 Å². The highest BCUT2D eigenvalue weighted by molar-refractivity contribution is 5.92. The van der Waals surface area contributed by atoms with Gasteiger partial charge in [0.15, 0.2) is 5.58 Å². The van der Waals surface area contributed by atoms with Crippen LogP contribution in [0.3, 0.4) is 0 Å². The number of fused-ring (bicyclic) bond motifs is 2. The smallest absolute Gasteiger partial charge is 0.335 e. The Kier molecular flexibility index (Phi) is 2.55. The predicted octanol–water partition coefficient (Wildman–Crippen LogP) is 3.22. The van der Waals surface area contributed by atoms with Crippen LogP contribution < -0.4 is 0 Å². The van der Waals surface area contributed by atoms with Gasteiger partial charge in [-0.25, -0.2) is 9.78 Å². The second-order valence-corrected chi connectivity index (χ2v) is 4.98. The third-order valence-corrected chi connectivity index (χ3v) is 3.60. The Morgan fingerprint density at radius 3 is 2.81 bits per heavy atom. The van der Waals surface area contributed by atoms with Gasteiger partial charge >= 0.3 is 5.97 Å². The van der Waals surface area contributed by atoms with Crippen molar-refractivity contribution in [1.82, 2.24) is 4.98 Å². The van der Waals surface area contributed by atoms with Crippen molar-refractivity contribution in [2.75, 3.05) is 0 Å². The van der Waals surface area contributed by atoms with E-state index < -0.39 is 5.97 Å². The van der Waals surface area contributed by atoms with Crippen molar-refractivity contribution in [3.05, 3.63) is 53.1 Å². The van der Waals surface area contributed by atoms with Crippen LogP contribution >= 0.6 is 0 Å². The third kappa shape index (κ3) is 1.98. The molecule has 3 aromatic rings. The summed E-state index contributed by atoms with van der Waals surface area (Å²) in [5.74, 6) is -0.494. The Hall–Kier alpha value is -2.66. The summed E-state index contributed by atoms with van der Waals surface area (Å²) in [5, 5.41) is 9.00. The zero-order chi connectivity index (χ0) is 14.4. The first-order valence-electron chi connectivity index (χ1n) is 6.54. The fourth-order valence-electron chi connectivity index (χ4n) is 2.49. The Morgan fingerprint density at radius 2 is 1.95 bits per heavy atom. The fraction of sp³-hybridized carbons (Fsp3) is 0.125. The molecule has 1 aliphatic heterocycles. The lowest BCUT2D eigenvalue weighted by Gasteiger charge is -1.99.